The minimum atomic E-state index is -1.83. The molecule has 12 heavy (non-hydrogen) atoms. The maximum atomic E-state index is 11.4. The summed E-state index contributed by atoms with van der Waals surface area (Å²) < 4.78 is 36.2. The zero-order valence-electron chi connectivity index (χ0n) is 5.96. The van der Waals surface area contributed by atoms with Crippen molar-refractivity contribution in [1.82, 2.24) is 0 Å². The highest BCUT2D eigenvalue weighted by molar-refractivity contribution is 5.61. The predicted octanol–water partition coefficient (Wildman–Crippen LogP) is 1.28. The normalized spacial score (nSPS) is 21.5. The van der Waals surface area contributed by atoms with Crippen molar-refractivity contribution in [3.8, 4) is 0 Å². The minimum absolute atomic E-state index is 0.0550. The van der Waals surface area contributed by atoms with Crippen molar-refractivity contribution in [2.45, 2.75) is 6.29 Å². The van der Waals surface area contributed by atoms with Gasteiger partial charge in [-0.1, -0.05) is 0 Å². The molecule has 1 atom stereocenters. The van der Waals surface area contributed by atoms with Crippen LogP contribution in [0.4, 0.5) is 13.6 Å². The molecule has 0 amide bonds. The van der Waals surface area contributed by atoms with E-state index in [1.54, 1.807) is 0 Å². The van der Waals surface area contributed by atoms with Crippen molar-refractivity contribution in [2.24, 2.45) is 0 Å². The zero-order chi connectivity index (χ0) is 8.97. The highest BCUT2D eigenvalue weighted by Gasteiger charge is 2.24. The number of carbonyl (C=O) groups excluding carboxylic acids is 1. The van der Waals surface area contributed by atoms with Crippen LogP contribution < -0.4 is 0 Å². The zero-order valence-corrected chi connectivity index (χ0v) is 5.96. The molecule has 0 spiro atoms. The minimum Gasteiger partial charge on any atom is -0.428 e. The van der Waals surface area contributed by atoms with E-state index in [9.17, 15) is 13.6 Å². The largest absolute Gasteiger partial charge is 0.510 e. The second kappa shape index (κ2) is 4.01. The monoisotopic (exact) mass is 180 g/mol. The second-order valence-electron chi connectivity index (χ2n) is 1.94. The first-order valence-electron chi connectivity index (χ1n) is 3.14. The van der Waals surface area contributed by atoms with E-state index in [1.807, 2.05) is 0 Å². The fourth-order valence-corrected chi connectivity index (χ4v) is 0.612. The lowest BCUT2D eigenvalue weighted by Gasteiger charge is -2.03. The molecule has 0 aromatic carbocycles. The van der Waals surface area contributed by atoms with Gasteiger partial charge in [0.25, 0.3) is 6.08 Å². The summed E-state index contributed by atoms with van der Waals surface area (Å²) >= 11 is 0. The molecule has 0 saturated carbocycles. The van der Waals surface area contributed by atoms with Gasteiger partial charge in [0.05, 0.1) is 6.61 Å². The van der Waals surface area contributed by atoms with Crippen molar-refractivity contribution < 1.29 is 27.8 Å². The van der Waals surface area contributed by atoms with Gasteiger partial charge < -0.3 is 14.2 Å². The molecule has 0 radical (unpaired) electrons. The molecule has 4 nitrogen and oxygen atoms in total. The predicted molar refractivity (Wildman–Crippen MR) is 32.5 cm³/mol. The molecule has 6 heteroatoms. The van der Waals surface area contributed by atoms with Crippen LogP contribution in [0.25, 0.3) is 0 Å². The Kier molecular flexibility index (Phi) is 2.98. The van der Waals surface area contributed by atoms with E-state index >= 15 is 0 Å². The summed E-state index contributed by atoms with van der Waals surface area (Å²) in [5.41, 5.74) is 0. The number of cyclic esters (lactones) is 2. The Labute approximate surface area is 66.7 Å². The summed E-state index contributed by atoms with van der Waals surface area (Å²) in [6, 6.07) is 0. The lowest BCUT2D eigenvalue weighted by atomic mass is 10.6. The van der Waals surface area contributed by atoms with Crippen LogP contribution >= 0.6 is 0 Å². The van der Waals surface area contributed by atoms with Crippen molar-refractivity contribution in [3.63, 3.8) is 0 Å². The van der Waals surface area contributed by atoms with Gasteiger partial charge in [-0.15, -0.1) is 0 Å². The average Bonchev–Trinajstić information content (AvgIpc) is 2.35. The van der Waals surface area contributed by atoms with Crippen LogP contribution in [-0.2, 0) is 14.2 Å². The van der Waals surface area contributed by atoms with E-state index < -0.39 is 18.5 Å². The van der Waals surface area contributed by atoms with E-state index in [2.05, 4.69) is 14.2 Å². The molecule has 0 bridgehead atoms. The molecule has 0 aromatic heterocycles. The number of rotatable bonds is 3. The Balaban J connectivity index is 2.16. The molecule has 1 aliphatic heterocycles. The van der Waals surface area contributed by atoms with Crippen LogP contribution in [0.1, 0.15) is 0 Å². The fourth-order valence-electron chi connectivity index (χ4n) is 0.612. The highest BCUT2D eigenvalue weighted by Crippen LogP contribution is 2.07. The Bertz CT molecular complexity index is 200. The number of hydrogen-bond acceptors (Lipinski definition) is 4. The molecule has 1 heterocycles. The molecule has 1 unspecified atom stereocenters. The van der Waals surface area contributed by atoms with Crippen LogP contribution in [0.3, 0.4) is 0 Å². The van der Waals surface area contributed by atoms with Gasteiger partial charge in [0.1, 0.15) is 0 Å². The molecule has 1 aliphatic rings. The molecular weight excluding hydrogens is 174 g/mol. The van der Waals surface area contributed by atoms with Gasteiger partial charge >= 0.3 is 6.16 Å². The molecular formula is C6H6F2O4. The number of halogens is 2. The smallest absolute Gasteiger partial charge is 0.428 e. The standard InChI is InChI=1S/C6H6F2O4/c7-4(8)1-2-10-5-3-11-6(9)12-5/h1,5H,2-3H2. The number of ether oxygens (including phenoxy) is 3. The molecule has 0 N–H and O–H groups in total. The van der Waals surface area contributed by atoms with E-state index in [4.69, 9.17) is 0 Å². The summed E-state index contributed by atoms with van der Waals surface area (Å²) in [5, 5.41) is 0. The summed E-state index contributed by atoms with van der Waals surface area (Å²) in [6.07, 6.45) is -2.97. The lowest BCUT2D eigenvalue weighted by molar-refractivity contribution is -0.0666. The van der Waals surface area contributed by atoms with Crippen molar-refractivity contribution in [1.29, 1.82) is 0 Å². The Hall–Kier alpha value is -1.17. The summed E-state index contributed by atoms with van der Waals surface area (Å²) in [4.78, 5) is 10.3. The van der Waals surface area contributed by atoms with Gasteiger partial charge in [-0.05, 0) is 0 Å². The van der Waals surface area contributed by atoms with Gasteiger partial charge in [0, 0.05) is 6.08 Å². The summed E-state index contributed by atoms with van der Waals surface area (Å²) in [5.74, 6) is 0. The van der Waals surface area contributed by atoms with Gasteiger partial charge in [0.2, 0.25) is 6.29 Å². The molecule has 0 aromatic rings. The summed E-state index contributed by atoms with van der Waals surface area (Å²) in [7, 11) is 0. The fraction of sp³-hybridized carbons (Fsp3) is 0.500. The van der Waals surface area contributed by atoms with Crippen molar-refractivity contribution in [3.05, 3.63) is 12.2 Å². The third kappa shape index (κ3) is 2.83. The van der Waals surface area contributed by atoms with E-state index in [1.165, 1.54) is 0 Å². The van der Waals surface area contributed by atoms with E-state index in [-0.39, 0.29) is 13.2 Å². The molecule has 68 valence electrons. The molecule has 1 fully saturated rings. The lowest BCUT2D eigenvalue weighted by Crippen LogP contribution is -2.14. The third-order valence-corrected chi connectivity index (χ3v) is 1.08. The van der Waals surface area contributed by atoms with Crippen molar-refractivity contribution >= 4 is 6.16 Å². The van der Waals surface area contributed by atoms with E-state index in [0.29, 0.717) is 6.08 Å². The first-order chi connectivity index (χ1) is 5.68. The first-order valence-corrected chi connectivity index (χ1v) is 3.14. The average molecular weight is 180 g/mol. The molecule has 0 aliphatic carbocycles. The maximum absolute atomic E-state index is 11.4. The quantitative estimate of drug-likeness (QED) is 0.613. The Morgan fingerprint density at radius 3 is 3.00 bits per heavy atom. The molecule has 1 rings (SSSR count). The van der Waals surface area contributed by atoms with Gasteiger partial charge in [0.15, 0.2) is 6.61 Å². The van der Waals surface area contributed by atoms with Crippen LogP contribution in [0.15, 0.2) is 12.2 Å². The van der Waals surface area contributed by atoms with Gasteiger partial charge in [-0.25, -0.2) is 4.79 Å². The Morgan fingerprint density at radius 2 is 2.50 bits per heavy atom. The van der Waals surface area contributed by atoms with Gasteiger partial charge in [-0.2, -0.15) is 8.78 Å². The van der Waals surface area contributed by atoms with Crippen molar-refractivity contribution in [2.75, 3.05) is 13.2 Å². The second-order valence-corrected chi connectivity index (χ2v) is 1.94. The van der Waals surface area contributed by atoms with Crippen LogP contribution in [-0.4, -0.2) is 25.7 Å². The maximum Gasteiger partial charge on any atom is 0.510 e. The highest BCUT2D eigenvalue weighted by atomic mass is 19.3. The number of hydrogen-bond donors (Lipinski definition) is 0. The van der Waals surface area contributed by atoms with Crippen LogP contribution in [0.5, 0.6) is 0 Å². The first kappa shape index (κ1) is 8.92. The topological polar surface area (TPSA) is 44.8 Å². The SMILES string of the molecule is O=C1OCC(OCC=C(F)F)O1. The van der Waals surface area contributed by atoms with Crippen LogP contribution in [0, 0.1) is 0 Å². The van der Waals surface area contributed by atoms with Gasteiger partial charge in [-0.3, -0.25) is 0 Å². The Morgan fingerprint density at radius 1 is 1.75 bits per heavy atom. The van der Waals surface area contributed by atoms with Crippen LogP contribution in [0.2, 0.25) is 0 Å². The number of carbonyl (C=O) groups is 1. The summed E-state index contributed by atoms with van der Waals surface area (Å²) in [6.45, 7) is -0.357. The molecule has 1 saturated heterocycles. The third-order valence-electron chi connectivity index (χ3n) is 1.08. The van der Waals surface area contributed by atoms with E-state index in [0.717, 1.165) is 0 Å².